The molecule has 3 aromatic rings. The highest BCUT2D eigenvalue weighted by Gasteiger charge is 2.26. The van der Waals surface area contributed by atoms with Crippen molar-refractivity contribution in [2.24, 2.45) is 0 Å². The van der Waals surface area contributed by atoms with Crippen molar-refractivity contribution in [3.63, 3.8) is 0 Å². The van der Waals surface area contributed by atoms with Crippen LogP contribution in [0.25, 0.3) is 10.8 Å². The molecule has 190 valence electrons. The number of nitrogens with one attached hydrogen (secondary N) is 2. The Labute approximate surface area is 211 Å². The highest BCUT2D eigenvalue weighted by Crippen LogP contribution is 2.30. The van der Waals surface area contributed by atoms with Gasteiger partial charge in [-0.25, -0.2) is 13.1 Å². The lowest BCUT2D eigenvalue weighted by atomic mass is 10.1. The summed E-state index contributed by atoms with van der Waals surface area (Å²) in [5, 5.41) is 12.9. The van der Waals surface area contributed by atoms with Gasteiger partial charge < -0.3 is 15.3 Å². The number of aryl methyl sites for hydroxylation is 1. The molecule has 0 radical (unpaired) electrons. The summed E-state index contributed by atoms with van der Waals surface area (Å²) in [5.41, 5.74) is 1.97. The third kappa shape index (κ3) is 6.10. The van der Waals surface area contributed by atoms with Gasteiger partial charge in [0.2, 0.25) is 10.0 Å². The van der Waals surface area contributed by atoms with Crippen LogP contribution in [0.1, 0.15) is 41.6 Å². The molecular formula is C27H31N3O5S. The normalized spacial score (nSPS) is 15.1. The number of carboxylic acids is 1. The van der Waals surface area contributed by atoms with Gasteiger partial charge in [-0.2, -0.15) is 0 Å². The zero-order valence-corrected chi connectivity index (χ0v) is 21.1. The van der Waals surface area contributed by atoms with Gasteiger partial charge in [0.25, 0.3) is 5.91 Å². The van der Waals surface area contributed by atoms with Crippen LogP contribution in [0.15, 0.2) is 65.6 Å². The molecule has 1 fully saturated rings. The number of benzene rings is 3. The molecule has 9 heteroatoms. The van der Waals surface area contributed by atoms with Gasteiger partial charge in [-0.05, 0) is 69.6 Å². The average molecular weight is 510 g/mol. The smallest absolute Gasteiger partial charge is 0.303 e. The summed E-state index contributed by atoms with van der Waals surface area (Å²) in [4.78, 5) is 25.9. The third-order valence-electron chi connectivity index (χ3n) is 6.59. The van der Waals surface area contributed by atoms with Crippen LogP contribution in [-0.2, 0) is 14.8 Å². The van der Waals surface area contributed by atoms with E-state index < -0.39 is 16.0 Å². The maximum absolute atomic E-state index is 13.4. The first kappa shape index (κ1) is 25.8. The lowest BCUT2D eigenvalue weighted by molar-refractivity contribution is -0.137. The van der Waals surface area contributed by atoms with Crippen LogP contribution in [0.3, 0.4) is 0 Å². The van der Waals surface area contributed by atoms with E-state index in [1.54, 1.807) is 36.4 Å². The molecular weight excluding hydrogens is 478 g/mol. The zero-order valence-electron chi connectivity index (χ0n) is 20.2. The fourth-order valence-electron chi connectivity index (χ4n) is 4.64. The number of carboxylic acid groups (broad SMARTS) is 1. The summed E-state index contributed by atoms with van der Waals surface area (Å²) in [5.74, 6) is -1.05. The largest absolute Gasteiger partial charge is 0.481 e. The topological polar surface area (TPSA) is 116 Å². The van der Waals surface area contributed by atoms with Crippen molar-refractivity contribution in [3.05, 3.63) is 71.8 Å². The molecule has 8 nitrogen and oxygen atoms in total. The van der Waals surface area contributed by atoms with E-state index in [2.05, 4.69) is 14.9 Å². The monoisotopic (exact) mass is 509 g/mol. The van der Waals surface area contributed by atoms with Crippen molar-refractivity contribution in [1.82, 2.24) is 9.62 Å². The van der Waals surface area contributed by atoms with Crippen LogP contribution in [0.2, 0.25) is 0 Å². The molecule has 1 amide bonds. The quantitative estimate of drug-likeness (QED) is 0.401. The first-order valence-corrected chi connectivity index (χ1v) is 13.6. The van der Waals surface area contributed by atoms with Crippen LogP contribution < -0.4 is 10.0 Å². The minimum absolute atomic E-state index is 0.140. The van der Waals surface area contributed by atoms with E-state index in [-0.39, 0.29) is 23.3 Å². The van der Waals surface area contributed by atoms with Crippen molar-refractivity contribution in [1.29, 1.82) is 0 Å². The standard InChI is InChI=1S/C27H31N3O5S/c1-19-7-2-3-8-21(19)27(33)28-24-12-13-25(23-10-5-4-9-22(23)24)36(34,35)29-20-14-17-30(18-15-20)16-6-11-26(31)32/h2-5,7-10,12-13,20,29H,6,11,14-18H2,1H3,(H,28,33)(H,31,32). The zero-order chi connectivity index (χ0) is 25.7. The number of likely N-dealkylation sites (tertiary alicyclic amines) is 1. The molecule has 1 heterocycles. The number of carbonyl (C=O) groups is 2. The summed E-state index contributed by atoms with van der Waals surface area (Å²) in [6.07, 6.45) is 2.05. The molecule has 3 aromatic carbocycles. The molecule has 4 rings (SSSR count). The number of sulfonamides is 1. The molecule has 0 unspecified atom stereocenters. The van der Waals surface area contributed by atoms with Gasteiger partial charge in [-0.15, -0.1) is 0 Å². The Balaban J connectivity index is 1.48. The van der Waals surface area contributed by atoms with E-state index in [9.17, 15) is 18.0 Å². The molecule has 1 aliphatic heterocycles. The number of amides is 1. The van der Waals surface area contributed by atoms with Crippen molar-refractivity contribution in [2.75, 3.05) is 25.0 Å². The number of hydrogen-bond acceptors (Lipinski definition) is 5. The SMILES string of the molecule is Cc1ccccc1C(=O)Nc1ccc(S(=O)(=O)NC2CCN(CCCC(=O)O)CC2)c2ccccc12. The van der Waals surface area contributed by atoms with E-state index in [4.69, 9.17) is 5.11 Å². The first-order chi connectivity index (χ1) is 17.2. The predicted octanol–water partition coefficient (Wildman–Crippen LogP) is 4.01. The van der Waals surface area contributed by atoms with Gasteiger partial charge in [0, 0.05) is 34.5 Å². The van der Waals surface area contributed by atoms with Crippen LogP contribution in [0, 0.1) is 6.92 Å². The second-order valence-corrected chi connectivity index (χ2v) is 10.8. The number of fused-ring (bicyclic) bond motifs is 1. The van der Waals surface area contributed by atoms with Gasteiger partial charge in [0.1, 0.15) is 0 Å². The second kappa shape index (κ2) is 11.2. The number of hydrogen-bond donors (Lipinski definition) is 3. The summed E-state index contributed by atoms with van der Waals surface area (Å²) in [7, 11) is -3.80. The molecule has 0 saturated carbocycles. The molecule has 36 heavy (non-hydrogen) atoms. The second-order valence-electron chi connectivity index (χ2n) is 9.16. The Morgan fingerprint density at radius 1 is 0.972 bits per heavy atom. The van der Waals surface area contributed by atoms with Crippen LogP contribution in [0.4, 0.5) is 5.69 Å². The van der Waals surface area contributed by atoms with Gasteiger partial charge in [-0.1, -0.05) is 42.5 Å². The highest BCUT2D eigenvalue weighted by atomic mass is 32.2. The number of nitrogens with zero attached hydrogens (tertiary/aromatic N) is 1. The van der Waals surface area contributed by atoms with Gasteiger partial charge in [-0.3, -0.25) is 9.59 Å². The third-order valence-corrected chi connectivity index (χ3v) is 8.16. The highest BCUT2D eigenvalue weighted by molar-refractivity contribution is 7.89. The molecule has 0 aromatic heterocycles. The van der Waals surface area contributed by atoms with Crippen LogP contribution in [-0.4, -0.2) is 56.0 Å². The number of aliphatic carboxylic acids is 1. The van der Waals surface area contributed by atoms with Crippen molar-refractivity contribution >= 4 is 38.4 Å². The van der Waals surface area contributed by atoms with Crippen molar-refractivity contribution in [3.8, 4) is 0 Å². The fraction of sp³-hybridized carbons (Fsp3) is 0.333. The lowest BCUT2D eigenvalue weighted by Crippen LogP contribution is -2.44. The molecule has 1 aliphatic rings. The van der Waals surface area contributed by atoms with Crippen LogP contribution in [0.5, 0.6) is 0 Å². The average Bonchev–Trinajstić information content (AvgIpc) is 2.85. The van der Waals surface area contributed by atoms with E-state index in [0.29, 0.717) is 47.8 Å². The summed E-state index contributed by atoms with van der Waals surface area (Å²) in [6.45, 7) is 4.01. The van der Waals surface area contributed by atoms with Crippen molar-refractivity contribution < 1.29 is 23.1 Å². The van der Waals surface area contributed by atoms with Crippen molar-refractivity contribution in [2.45, 2.75) is 43.5 Å². The van der Waals surface area contributed by atoms with Gasteiger partial charge in [0.15, 0.2) is 0 Å². The Bertz CT molecular complexity index is 1360. The summed E-state index contributed by atoms with van der Waals surface area (Å²) < 4.78 is 29.6. The Morgan fingerprint density at radius 3 is 2.33 bits per heavy atom. The number of anilines is 1. The predicted molar refractivity (Wildman–Crippen MR) is 140 cm³/mol. The minimum atomic E-state index is -3.80. The van der Waals surface area contributed by atoms with E-state index in [1.165, 1.54) is 0 Å². The molecule has 0 spiro atoms. The Hall–Kier alpha value is -3.27. The lowest BCUT2D eigenvalue weighted by Gasteiger charge is -2.32. The first-order valence-electron chi connectivity index (χ1n) is 12.1. The van der Waals surface area contributed by atoms with Gasteiger partial charge >= 0.3 is 5.97 Å². The molecule has 3 N–H and O–H groups in total. The van der Waals surface area contributed by atoms with Crippen LogP contribution >= 0.6 is 0 Å². The maximum atomic E-state index is 13.4. The molecule has 0 aliphatic carbocycles. The van der Waals surface area contributed by atoms with Gasteiger partial charge in [0.05, 0.1) is 4.90 Å². The molecule has 0 bridgehead atoms. The number of piperidine rings is 1. The number of carbonyl (C=O) groups excluding carboxylic acids is 1. The van der Waals surface area contributed by atoms with E-state index in [0.717, 1.165) is 18.7 Å². The molecule has 0 atom stereocenters. The van der Waals surface area contributed by atoms with E-state index in [1.807, 2.05) is 31.2 Å². The summed E-state index contributed by atoms with van der Waals surface area (Å²) >= 11 is 0. The Kier molecular flexibility index (Phi) is 8.03. The molecule has 1 saturated heterocycles. The Morgan fingerprint density at radius 2 is 1.64 bits per heavy atom. The number of rotatable bonds is 9. The minimum Gasteiger partial charge on any atom is -0.481 e. The maximum Gasteiger partial charge on any atom is 0.303 e. The summed E-state index contributed by atoms with van der Waals surface area (Å²) in [6, 6.07) is 17.4. The van der Waals surface area contributed by atoms with E-state index >= 15 is 0 Å². The fourth-order valence-corrected chi connectivity index (χ4v) is 6.16.